The van der Waals surface area contributed by atoms with Crippen LogP contribution in [0.4, 0.5) is 17.6 Å². The average molecular weight is 460 g/mol. The Labute approximate surface area is 182 Å². The predicted octanol–water partition coefficient (Wildman–Crippen LogP) is 6.36. The molecule has 2 aromatic rings. The first-order valence-electron chi connectivity index (χ1n) is 10.4. The number of hydrogen-bond donors (Lipinski definition) is 1. The van der Waals surface area contributed by atoms with E-state index in [0.717, 1.165) is 18.6 Å². The second-order valence-electron chi connectivity index (χ2n) is 8.26. The van der Waals surface area contributed by atoms with Crippen LogP contribution in [0.1, 0.15) is 43.7 Å². The summed E-state index contributed by atoms with van der Waals surface area (Å²) in [6, 6.07) is 5.34. The van der Waals surface area contributed by atoms with Crippen LogP contribution in [0, 0.1) is 11.6 Å². The third-order valence-corrected chi connectivity index (χ3v) is 6.51. The molecular formula is C23H29F4NO2S. The number of halogens is 4. The molecule has 0 saturated carbocycles. The van der Waals surface area contributed by atoms with Gasteiger partial charge in [-0.2, -0.15) is 19.0 Å². The molecule has 8 heteroatoms. The van der Waals surface area contributed by atoms with Crippen LogP contribution in [-0.2, 0) is 5.92 Å². The molecule has 0 unspecified atom stereocenters. The molecule has 3 nitrogen and oxygen atoms in total. The Morgan fingerprint density at radius 3 is 1.84 bits per heavy atom. The van der Waals surface area contributed by atoms with Gasteiger partial charge in [-0.25, -0.2) is 8.78 Å². The molecule has 3 rings (SSSR count). The molecule has 0 atom stereocenters. The molecule has 1 aliphatic carbocycles. The van der Waals surface area contributed by atoms with E-state index in [9.17, 15) is 4.39 Å². The summed E-state index contributed by atoms with van der Waals surface area (Å²) in [4.78, 5) is 0. The lowest BCUT2D eigenvalue weighted by Gasteiger charge is -2.24. The molecule has 0 aliphatic heterocycles. The van der Waals surface area contributed by atoms with E-state index in [0.29, 0.717) is 12.8 Å². The largest absolute Gasteiger partial charge is 0.491 e. The summed E-state index contributed by atoms with van der Waals surface area (Å²) in [5.74, 6) is -5.70. The van der Waals surface area contributed by atoms with Gasteiger partial charge < -0.3 is 9.47 Å². The summed E-state index contributed by atoms with van der Waals surface area (Å²) in [7, 11) is -1.05. The van der Waals surface area contributed by atoms with Gasteiger partial charge >= 0.3 is 5.92 Å². The summed E-state index contributed by atoms with van der Waals surface area (Å²) >= 11 is 0. The number of unbranched alkanes of at least 4 members (excludes halogenated alkanes) is 2. The lowest BCUT2D eigenvalue weighted by molar-refractivity contribution is 0.0392. The molecule has 0 saturated heterocycles. The van der Waals surface area contributed by atoms with E-state index in [1.165, 1.54) is 24.3 Å². The Morgan fingerprint density at radius 1 is 0.839 bits per heavy atom. The van der Waals surface area contributed by atoms with Crippen molar-refractivity contribution in [3.05, 3.63) is 47.0 Å². The van der Waals surface area contributed by atoms with Crippen molar-refractivity contribution in [1.29, 1.82) is 0 Å². The standard InChI is InChI=1S/C23H29F4NO2S/c1-4-12-29-17-10-8-15-16-9-11-18(30-13-6-5-7-14-31(2,3)28)22(25)20(16)23(26,27)19(15)21(17)24/h8-11H,4-7,12-14,28H2,1-3H3. The molecule has 0 radical (unpaired) electrons. The molecule has 0 heterocycles. The molecule has 2 aromatic carbocycles. The monoisotopic (exact) mass is 459 g/mol. The van der Waals surface area contributed by atoms with E-state index in [1.54, 1.807) is 0 Å². The number of hydrogen-bond acceptors (Lipinski definition) is 3. The van der Waals surface area contributed by atoms with Crippen LogP contribution >= 0.6 is 10.2 Å². The molecule has 0 aromatic heterocycles. The molecular weight excluding hydrogens is 430 g/mol. The number of ether oxygens (including phenoxy) is 2. The first-order valence-corrected chi connectivity index (χ1v) is 13.0. The normalized spacial score (nSPS) is 14.8. The first-order chi connectivity index (χ1) is 14.6. The summed E-state index contributed by atoms with van der Waals surface area (Å²) in [5.41, 5.74) is -1.75. The quantitative estimate of drug-likeness (QED) is 0.332. The molecule has 31 heavy (non-hydrogen) atoms. The fraction of sp³-hybridized carbons (Fsp3) is 0.478. The van der Waals surface area contributed by atoms with Crippen LogP contribution in [0.25, 0.3) is 11.1 Å². The van der Waals surface area contributed by atoms with Crippen molar-refractivity contribution < 1.29 is 27.0 Å². The molecule has 0 bridgehead atoms. The van der Waals surface area contributed by atoms with E-state index >= 15 is 13.2 Å². The summed E-state index contributed by atoms with van der Waals surface area (Å²) in [5, 5.41) is 6.02. The van der Waals surface area contributed by atoms with Gasteiger partial charge in [-0.3, -0.25) is 5.14 Å². The Kier molecular flexibility index (Phi) is 7.11. The number of benzene rings is 2. The minimum absolute atomic E-state index is 0.0288. The van der Waals surface area contributed by atoms with E-state index in [-0.39, 0.29) is 35.8 Å². The van der Waals surface area contributed by atoms with Gasteiger partial charge in [0.1, 0.15) is 0 Å². The third kappa shape index (κ3) is 4.95. The SMILES string of the molecule is CCCOc1ccc2c(c1F)C(F)(F)c1c-2ccc(OCCCCCS(C)(C)N)c1F. The minimum atomic E-state index is -3.82. The van der Waals surface area contributed by atoms with Crippen molar-refractivity contribution in [2.24, 2.45) is 5.14 Å². The molecule has 1 aliphatic rings. The summed E-state index contributed by atoms with van der Waals surface area (Å²) in [6.45, 7) is 2.23. The Bertz CT molecular complexity index is 944. The van der Waals surface area contributed by atoms with Gasteiger partial charge in [-0.15, -0.1) is 0 Å². The number of nitrogens with two attached hydrogens (primary N) is 1. The molecule has 2 N–H and O–H groups in total. The van der Waals surface area contributed by atoms with Crippen molar-refractivity contribution in [2.75, 3.05) is 31.5 Å². The second kappa shape index (κ2) is 9.28. The molecule has 0 spiro atoms. The van der Waals surface area contributed by atoms with Crippen LogP contribution in [0.3, 0.4) is 0 Å². The van der Waals surface area contributed by atoms with Crippen molar-refractivity contribution in [2.45, 2.75) is 38.5 Å². The smallest absolute Gasteiger partial charge is 0.305 e. The van der Waals surface area contributed by atoms with E-state index in [1.807, 2.05) is 19.4 Å². The zero-order valence-corrected chi connectivity index (χ0v) is 18.9. The Hall–Kier alpha value is -1.93. The Balaban J connectivity index is 1.78. The van der Waals surface area contributed by atoms with Crippen LogP contribution in [0.2, 0.25) is 0 Å². The zero-order valence-electron chi connectivity index (χ0n) is 18.1. The highest BCUT2D eigenvalue weighted by atomic mass is 32.3. The van der Waals surface area contributed by atoms with E-state index < -0.39 is 38.9 Å². The highest BCUT2D eigenvalue weighted by Gasteiger charge is 2.50. The van der Waals surface area contributed by atoms with Gasteiger partial charge in [0.15, 0.2) is 23.1 Å². The van der Waals surface area contributed by atoms with Gasteiger partial charge in [0.05, 0.1) is 24.3 Å². The fourth-order valence-electron chi connectivity index (χ4n) is 3.67. The van der Waals surface area contributed by atoms with Gasteiger partial charge in [-0.05, 0) is 79.3 Å². The fourth-order valence-corrected chi connectivity index (χ4v) is 4.62. The highest BCUT2D eigenvalue weighted by Crippen LogP contribution is 2.55. The number of rotatable bonds is 10. The van der Waals surface area contributed by atoms with E-state index in [4.69, 9.17) is 14.6 Å². The van der Waals surface area contributed by atoms with Crippen molar-refractivity contribution in [3.63, 3.8) is 0 Å². The lowest BCUT2D eigenvalue weighted by atomic mass is 10.0. The van der Waals surface area contributed by atoms with Crippen LogP contribution in [-0.4, -0.2) is 31.5 Å². The van der Waals surface area contributed by atoms with Gasteiger partial charge in [0.2, 0.25) is 0 Å². The molecule has 172 valence electrons. The zero-order chi connectivity index (χ0) is 22.8. The molecule has 0 fully saturated rings. The maximum absolute atomic E-state index is 15.1. The topological polar surface area (TPSA) is 44.5 Å². The maximum atomic E-state index is 15.1. The van der Waals surface area contributed by atoms with Crippen molar-refractivity contribution in [1.82, 2.24) is 0 Å². The number of alkyl halides is 2. The van der Waals surface area contributed by atoms with Crippen molar-refractivity contribution in [3.8, 4) is 22.6 Å². The maximum Gasteiger partial charge on any atom is 0.305 e. The summed E-state index contributed by atoms with van der Waals surface area (Å²) < 4.78 is 70.8. The lowest BCUT2D eigenvalue weighted by Crippen LogP contribution is -2.16. The van der Waals surface area contributed by atoms with Crippen LogP contribution < -0.4 is 14.6 Å². The first kappa shape index (κ1) is 23.7. The highest BCUT2D eigenvalue weighted by molar-refractivity contribution is 8.30. The number of fused-ring (bicyclic) bond motifs is 3. The predicted molar refractivity (Wildman–Crippen MR) is 118 cm³/mol. The van der Waals surface area contributed by atoms with Gasteiger partial charge in [0, 0.05) is 0 Å². The minimum Gasteiger partial charge on any atom is -0.491 e. The summed E-state index contributed by atoms with van der Waals surface area (Å²) in [6.07, 6.45) is 7.12. The Morgan fingerprint density at radius 2 is 1.35 bits per heavy atom. The van der Waals surface area contributed by atoms with Crippen molar-refractivity contribution >= 4 is 10.2 Å². The van der Waals surface area contributed by atoms with Crippen LogP contribution in [0.15, 0.2) is 24.3 Å². The molecule has 0 amide bonds. The van der Waals surface area contributed by atoms with Gasteiger partial charge in [-0.1, -0.05) is 6.92 Å². The third-order valence-electron chi connectivity index (χ3n) is 5.17. The second-order valence-corrected chi connectivity index (χ2v) is 11.9. The van der Waals surface area contributed by atoms with Crippen LogP contribution in [0.5, 0.6) is 11.5 Å². The average Bonchev–Trinajstić information content (AvgIpc) is 2.92. The van der Waals surface area contributed by atoms with Gasteiger partial charge in [0.25, 0.3) is 0 Å². The van der Waals surface area contributed by atoms with E-state index in [2.05, 4.69) is 0 Å².